The lowest BCUT2D eigenvalue weighted by atomic mass is 9.61. The highest BCUT2D eigenvalue weighted by Crippen LogP contribution is 2.50. The second kappa shape index (κ2) is 5.30. The number of hydrogen-bond acceptors (Lipinski definition) is 6. The van der Waals surface area contributed by atoms with Crippen LogP contribution in [0.3, 0.4) is 0 Å². The molecule has 0 saturated heterocycles. The van der Waals surface area contributed by atoms with Gasteiger partial charge in [-0.1, -0.05) is 0 Å². The number of aliphatic carboxylic acids is 4. The van der Waals surface area contributed by atoms with Crippen LogP contribution in [0, 0.1) is 23.7 Å². The third kappa shape index (κ3) is 2.28. The van der Waals surface area contributed by atoms with E-state index in [-0.39, 0.29) is 0 Å². The molecule has 0 aromatic heterocycles. The maximum atomic E-state index is 11.3. The maximum Gasteiger partial charge on any atom is 0.335 e. The smallest absolute Gasteiger partial charge is 0.335 e. The summed E-state index contributed by atoms with van der Waals surface area (Å²) in [6.45, 7) is 0. The Hall–Kier alpha value is -3.04. The van der Waals surface area contributed by atoms with Crippen LogP contribution in [-0.2, 0) is 19.2 Å². The van der Waals surface area contributed by atoms with E-state index >= 15 is 0 Å². The minimum absolute atomic E-state index is 0.439. The Morgan fingerprint density at radius 1 is 0.696 bits per heavy atom. The first kappa shape index (κ1) is 16.3. The summed E-state index contributed by atoms with van der Waals surface area (Å²) in [5, 5.41) is 56.7. The SMILES string of the molecule is O=C(O)C1=C(O)C(C(=O)O)C2CC1C(C(=O)O)C(O)=C2C(=O)O. The van der Waals surface area contributed by atoms with Crippen molar-refractivity contribution in [3.8, 4) is 0 Å². The fourth-order valence-corrected chi connectivity index (χ4v) is 3.33. The lowest BCUT2D eigenvalue weighted by molar-refractivity contribution is -0.147. The molecule has 2 bridgehead atoms. The van der Waals surface area contributed by atoms with Crippen LogP contribution in [0.1, 0.15) is 6.42 Å². The lowest BCUT2D eigenvalue weighted by Gasteiger charge is -2.40. The average Bonchev–Trinajstić information content (AvgIpc) is 2.35. The number of aliphatic hydroxyl groups excluding tert-OH is 2. The van der Waals surface area contributed by atoms with Crippen molar-refractivity contribution in [2.24, 2.45) is 23.7 Å². The van der Waals surface area contributed by atoms with Gasteiger partial charge in [-0.05, 0) is 6.42 Å². The molecule has 0 saturated carbocycles. The third-order valence-corrected chi connectivity index (χ3v) is 4.19. The molecule has 0 aliphatic heterocycles. The number of carboxylic acids is 4. The Labute approximate surface area is 127 Å². The standard InChI is InChI=1S/C13H12O10/c14-8-4(10(16)17)2-1-3(6(8)12(20)21)7(13(22)23)9(15)5(2)11(18)19/h2-4,7,14-15H,1H2,(H,16,17)(H,18,19)(H,20,21)(H,22,23). The van der Waals surface area contributed by atoms with Gasteiger partial charge in [-0.2, -0.15) is 0 Å². The zero-order valence-electron chi connectivity index (χ0n) is 11.3. The predicted molar refractivity (Wildman–Crippen MR) is 68.4 cm³/mol. The van der Waals surface area contributed by atoms with E-state index in [4.69, 9.17) is 10.2 Å². The Bertz CT molecular complexity index is 627. The normalized spacial score (nSPS) is 30.1. The summed E-state index contributed by atoms with van der Waals surface area (Å²) < 4.78 is 0. The van der Waals surface area contributed by atoms with Crippen LogP contribution in [0.4, 0.5) is 0 Å². The van der Waals surface area contributed by atoms with Gasteiger partial charge in [0.1, 0.15) is 23.4 Å². The average molecular weight is 328 g/mol. The van der Waals surface area contributed by atoms with Crippen LogP contribution in [0.25, 0.3) is 0 Å². The molecule has 10 nitrogen and oxygen atoms in total. The van der Waals surface area contributed by atoms with Crippen molar-refractivity contribution >= 4 is 23.9 Å². The predicted octanol–water partition coefficient (Wildman–Crippen LogP) is -0.169. The Morgan fingerprint density at radius 3 is 1.22 bits per heavy atom. The molecule has 124 valence electrons. The van der Waals surface area contributed by atoms with E-state index < -0.39 is 76.6 Å². The molecule has 0 aromatic rings. The summed E-state index contributed by atoms with van der Waals surface area (Å²) in [6, 6.07) is 0. The largest absolute Gasteiger partial charge is 0.511 e. The molecular weight excluding hydrogens is 316 g/mol. The van der Waals surface area contributed by atoms with Gasteiger partial charge in [-0.25, -0.2) is 9.59 Å². The Morgan fingerprint density at radius 2 is 1.00 bits per heavy atom. The highest BCUT2D eigenvalue weighted by molar-refractivity contribution is 5.96. The number of carboxylic acid groups (broad SMARTS) is 4. The van der Waals surface area contributed by atoms with E-state index in [0.717, 1.165) is 0 Å². The maximum absolute atomic E-state index is 11.3. The van der Waals surface area contributed by atoms with Crippen molar-refractivity contribution in [2.75, 3.05) is 0 Å². The molecule has 2 aliphatic carbocycles. The molecule has 2 aliphatic rings. The fourth-order valence-electron chi connectivity index (χ4n) is 3.33. The quantitative estimate of drug-likeness (QED) is 0.404. The zero-order valence-corrected chi connectivity index (χ0v) is 11.3. The monoisotopic (exact) mass is 328 g/mol. The highest BCUT2D eigenvalue weighted by atomic mass is 16.4. The second-order valence-electron chi connectivity index (χ2n) is 5.29. The molecule has 0 aromatic carbocycles. The van der Waals surface area contributed by atoms with Gasteiger partial charge in [0.05, 0.1) is 11.1 Å². The summed E-state index contributed by atoms with van der Waals surface area (Å²) in [4.78, 5) is 45.3. The molecular formula is C13H12O10. The van der Waals surface area contributed by atoms with Crippen molar-refractivity contribution in [1.82, 2.24) is 0 Å². The first-order valence-electron chi connectivity index (χ1n) is 6.37. The Kier molecular flexibility index (Phi) is 3.77. The van der Waals surface area contributed by atoms with Crippen LogP contribution in [0.5, 0.6) is 0 Å². The van der Waals surface area contributed by atoms with E-state index in [1.807, 2.05) is 0 Å². The molecule has 0 spiro atoms. The molecule has 0 heterocycles. The summed E-state index contributed by atoms with van der Waals surface area (Å²) in [7, 11) is 0. The summed E-state index contributed by atoms with van der Waals surface area (Å²) in [6.07, 6.45) is -0.439. The van der Waals surface area contributed by atoms with Gasteiger partial charge < -0.3 is 30.6 Å². The van der Waals surface area contributed by atoms with E-state index in [2.05, 4.69) is 0 Å². The van der Waals surface area contributed by atoms with Crippen LogP contribution in [0.15, 0.2) is 22.7 Å². The van der Waals surface area contributed by atoms with Gasteiger partial charge in [0, 0.05) is 11.8 Å². The molecule has 4 unspecified atom stereocenters. The molecule has 0 amide bonds. The first-order valence-corrected chi connectivity index (χ1v) is 6.37. The van der Waals surface area contributed by atoms with Gasteiger partial charge >= 0.3 is 23.9 Å². The third-order valence-electron chi connectivity index (χ3n) is 4.19. The first-order chi connectivity index (χ1) is 10.6. The van der Waals surface area contributed by atoms with E-state index in [9.17, 15) is 39.6 Å². The van der Waals surface area contributed by atoms with E-state index in [1.165, 1.54) is 0 Å². The van der Waals surface area contributed by atoms with E-state index in [0.29, 0.717) is 0 Å². The minimum atomic E-state index is -1.89. The molecule has 0 radical (unpaired) electrons. The van der Waals surface area contributed by atoms with Gasteiger partial charge in [0.15, 0.2) is 0 Å². The van der Waals surface area contributed by atoms with Gasteiger partial charge in [0.2, 0.25) is 0 Å². The zero-order chi connectivity index (χ0) is 17.6. The van der Waals surface area contributed by atoms with Crippen molar-refractivity contribution in [3.05, 3.63) is 22.7 Å². The second-order valence-corrected chi connectivity index (χ2v) is 5.29. The highest BCUT2D eigenvalue weighted by Gasteiger charge is 2.55. The summed E-state index contributed by atoms with van der Waals surface area (Å²) in [5.41, 5.74) is -1.67. The van der Waals surface area contributed by atoms with Crippen molar-refractivity contribution in [1.29, 1.82) is 0 Å². The van der Waals surface area contributed by atoms with Gasteiger partial charge in [0.25, 0.3) is 0 Å². The van der Waals surface area contributed by atoms with Gasteiger partial charge in [-0.3, -0.25) is 9.59 Å². The summed E-state index contributed by atoms with van der Waals surface area (Å²) in [5.74, 6) is -15.6. The number of hydrogen-bond donors (Lipinski definition) is 6. The van der Waals surface area contributed by atoms with Crippen LogP contribution in [0.2, 0.25) is 0 Å². The van der Waals surface area contributed by atoms with Gasteiger partial charge in [-0.15, -0.1) is 0 Å². The molecule has 2 rings (SSSR count). The minimum Gasteiger partial charge on any atom is -0.511 e. The number of carbonyl (C=O) groups is 4. The molecule has 0 fully saturated rings. The van der Waals surface area contributed by atoms with Crippen LogP contribution < -0.4 is 0 Å². The molecule has 23 heavy (non-hydrogen) atoms. The topological polar surface area (TPSA) is 190 Å². The number of aliphatic hydroxyl groups is 2. The van der Waals surface area contributed by atoms with Crippen molar-refractivity contribution in [2.45, 2.75) is 6.42 Å². The number of fused-ring (bicyclic) bond motifs is 2. The lowest BCUT2D eigenvalue weighted by Crippen LogP contribution is -2.46. The van der Waals surface area contributed by atoms with Crippen LogP contribution in [-0.4, -0.2) is 54.5 Å². The van der Waals surface area contributed by atoms with Crippen molar-refractivity contribution < 1.29 is 49.8 Å². The number of rotatable bonds is 4. The van der Waals surface area contributed by atoms with E-state index in [1.54, 1.807) is 0 Å². The van der Waals surface area contributed by atoms with Crippen LogP contribution >= 0.6 is 0 Å². The molecule has 6 N–H and O–H groups in total. The Balaban J connectivity index is 2.78. The summed E-state index contributed by atoms with van der Waals surface area (Å²) >= 11 is 0. The van der Waals surface area contributed by atoms with Crippen molar-refractivity contribution in [3.63, 3.8) is 0 Å². The fraction of sp³-hybridized carbons (Fsp3) is 0.385. The molecule has 10 heteroatoms. The molecule has 4 atom stereocenters.